The average molecular weight is 293 g/mol. The molecule has 0 amide bonds. The van der Waals surface area contributed by atoms with Crippen LogP contribution in [0.3, 0.4) is 0 Å². The second kappa shape index (κ2) is 5.77. The van der Waals surface area contributed by atoms with Gasteiger partial charge in [-0.15, -0.1) is 0 Å². The number of nitrogens with one attached hydrogen (secondary N) is 1. The molecule has 0 atom stereocenters. The van der Waals surface area contributed by atoms with Gasteiger partial charge in [-0.25, -0.2) is 0 Å². The zero-order valence-corrected chi connectivity index (χ0v) is 11.8. The lowest BCUT2D eigenvalue weighted by atomic mass is 10.1. The first-order chi connectivity index (χ1) is 10.6. The van der Waals surface area contributed by atoms with Crippen LogP contribution in [0.2, 0.25) is 0 Å². The molecule has 2 aromatic carbocycles. The molecule has 1 heterocycles. The smallest absolute Gasteiger partial charge is 0.201 e. The molecule has 1 aromatic heterocycles. The molecule has 3 aromatic rings. The minimum Gasteiger partial charge on any atom is -0.508 e. The Morgan fingerprint density at radius 3 is 2.59 bits per heavy atom. The Hall–Kier alpha value is -3.01. The fraction of sp³-hybridized carbons (Fsp3) is 0.0556. The summed E-state index contributed by atoms with van der Waals surface area (Å²) in [4.78, 5) is 15.3. The molecule has 0 unspecified atom stereocenters. The van der Waals surface area contributed by atoms with Crippen molar-refractivity contribution in [2.75, 3.05) is 0 Å². The third-order valence-corrected chi connectivity index (χ3v) is 3.51. The van der Waals surface area contributed by atoms with Crippen LogP contribution in [0, 0.1) is 0 Å². The molecule has 0 aliphatic carbocycles. The van der Waals surface area contributed by atoms with E-state index in [4.69, 9.17) is 0 Å². The lowest BCUT2D eigenvalue weighted by molar-refractivity contribution is -0.117. The fourth-order valence-electron chi connectivity index (χ4n) is 2.35. The Morgan fingerprint density at radius 2 is 1.82 bits per heavy atom. The van der Waals surface area contributed by atoms with Gasteiger partial charge in [0.05, 0.1) is 0 Å². The predicted molar refractivity (Wildman–Crippen MR) is 85.7 cm³/mol. The first kappa shape index (κ1) is 13.9. The summed E-state index contributed by atoms with van der Waals surface area (Å²) < 4.78 is 0. The van der Waals surface area contributed by atoms with Crippen LogP contribution in [-0.2, 0) is 11.2 Å². The van der Waals surface area contributed by atoms with Crippen molar-refractivity contribution in [1.29, 1.82) is 0 Å². The van der Waals surface area contributed by atoms with E-state index in [9.17, 15) is 15.0 Å². The molecule has 4 heteroatoms. The molecule has 0 fully saturated rings. The molecule has 3 N–H and O–H groups in total. The Bertz CT molecular complexity index is 844. The van der Waals surface area contributed by atoms with Gasteiger partial charge in [0.15, 0.2) is 5.76 Å². The highest BCUT2D eigenvalue weighted by Crippen LogP contribution is 2.19. The third-order valence-electron chi connectivity index (χ3n) is 3.51. The summed E-state index contributed by atoms with van der Waals surface area (Å²) in [6.45, 7) is 0. The molecule has 0 saturated carbocycles. The molecule has 0 saturated heterocycles. The number of phenols is 1. The Kier molecular flexibility index (Phi) is 3.66. The summed E-state index contributed by atoms with van der Waals surface area (Å²) in [5.41, 5.74) is 2.47. The zero-order chi connectivity index (χ0) is 15.5. The summed E-state index contributed by atoms with van der Waals surface area (Å²) in [5.74, 6) is -0.504. The highest BCUT2D eigenvalue weighted by molar-refractivity contribution is 6.00. The van der Waals surface area contributed by atoms with Gasteiger partial charge >= 0.3 is 0 Å². The molecule has 110 valence electrons. The number of para-hydroxylation sites is 1. The number of fused-ring (bicyclic) bond motifs is 1. The minimum absolute atomic E-state index is 0.129. The van der Waals surface area contributed by atoms with Crippen molar-refractivity contribution in [2.45, 2.75) is 6.42 Å². The Balaban J connectivity index is 1.80. The number of aromatic hydroxyl groups is 1. The quantitative estimate of drug-likeness (QED) is 0.508. The van der Waals surface area contributed by atoms with Gasteiger partial charge < -0.3 is 15.2 Å². The second-order valence-corrected chi connectivity index (χ2v) is 5.08. The van der Waals surface area contributed by atoms with E-state index in [0.29, 0.717) is 5.56 Å². The van der Waals surface area contributed by atoms with Gasteiger partial charge in [0, 0.05) is 23.5 Å². The number of aliphatic hydroxyl groups is 1. The standard InChI is InChI=1S/C18H15NO3/c20-14-7-5-12(6-8-14)9-17(21)18(22)10-13-11-19-16-4-2-1-3-15(13)16/h1-9,11,19-21H,10H2/b17-9-. The van der Waals surface area contributed by atoms with E-state index in [1.54, 1.807) is 18.3 Å². The number of rotatable bonds is 4. The summed E-state index contributed by atoms with van der Waals surface area (Å²) in [5, 5.41) is 20.1. The molecule has 0 aliphatic heterocycles. The number of hydrogen-bond donors (Lipinski definition) is 3. The monoisotopic (exact) mass is 293 g/mol. The second-order valence-electron chi connectivity index (χ2n) is 5.08. The first-order valence-corrected chi connectivity index (χ1v) is 6.91. The van der Waals surface area contributed by atoms with Crippen LogP contribution >= 0.6 is 0 Å². The van der Waals surface area contributed by atoms with Crippen molar-refractivity contribution < 1.29 is 15.0 Å². The van der Waals surface area contributed by atoms with Crippen LogP contribution in [-0.4, -0.2) is 21.0 Å². The van der Waals surface area contributed by atoms with E-state index >= 15 is 0 Å². The SMILES string of the molecule is O=C(Cc1c[nH]c2ccccc12)/C(O)=C/c1ccc(O)cc1. The molecule has 0 aliphatic rings. The molecule has 3 rings (SSSR count). The van der Waals surface area contributed by atoms with Crippen LogP contribution in [0.25, 0.3) is 17.0 Å². The van der Waals surface area contributed by atoms with Crippen molar-refractivity contribution >= 4 is 22.8 Å². The Labute approximate surface area is 127 Å². The van der Waals surface area contributed by atoms with Crippen molar-refractivity contribution in [3.63, 3.8) is 0 Å². The summed E-state index contributed by atoms with van der Waals surface area (Å²) >= 11 is 0. The Morgan fingerprint density at radius 1 is 1.09 bits per heavy atom. The topological polar surface area (TPSA) is 73.3 Å². The number of carbonyl (C=O) groups excluding carboxylic acids is 1. The van der Waals surface area contributed by atoms with Gasteiger partial charge in [-0.05, 0) is 35.4 Å². The van der Waals surface area contributed by atoms with Crippen LogP contribution in [0.15, 0.2) is 60.5 Å². The predicted octanol–water partition coefficient (Wildman–Crippen LogP) is 3.58. The number of ketones is 1. The van der Waals surface area contributed by atoms with E-state index in [1.807, 2.05) is 24.3 Å². The van der Waals surface area contributed by atoms with Gasteiger partial charge in [-0.2, -0.15) is 0 Å². The maximum Gasteiger partial charge on any atom is 0.201 e. The van der Waals surface area contributed by atoms with Gasteiger partial charge in [-0.3, -0.25) is 4.79 Å². The molecule has 22 heavy (non-hydrogen) atoms. The highest BCUT2D eigenvalue weighted by atomic mass is 16.3. The minimum atomic E-state index is -0.349. The van der Waals surface area contributed by atoms with Crippen LogP contribution in [0.4, 0.5) is 0 Å². The van der Waals surface area contributed by atoms with Crippen molar-refractivity contribution in [1.82, 2.24) is 4.98 Å². The van der Waals surface area contributed by atoms with Crippen molar-refractivity contribution in [3.05, 3.63) is 71.6 Å². The number of aliphatic hydroxyl groups excluding tert-OH is 1. The van der Waals surface area contributed by atoms with E-state index < -0.39 is 0 Å². The zero-order valence-electron chi connectivity index (χ0n) is 11.8. The first-order valence-electron chi connectivity index (χ1n) is 6.91. The van der Waals surface area contributed by atoms with E-state index in [-0.39, 0.29) is 23.7 Å². The number of allylic oxidation sites excluding steroid dienone is 1. The van der Waals surface area contributed by atoms with E-state index in [1.165, 1.54) is 18.2 Å². The van der Waals surface area contributed by atoms with Gasteiger partial charge in [-0.1, -0.05) is 30.3 Å². The normalized spacial score (nSPS) is 11.7. The number of carbonyl (C=O) groups is 1. The van der Waals surface area contributed by atoms with Crippen molar-refractivity contribution in [2.24, 2.45) is 0 Å². The lowest BCUT2D eigenvalue weighted by Gasteiger charge is -2.01. The maximum atomic E-state index is 12.1. The molecule has 0 spiro atoms. The molecular formula is C18H15NO3. The maximum absolute atomic E-state index is 12.1. The molecular weight excluding hydrogens is 278 g/mol. The molecule has 4 nitrogen and oxygen atoms in total. The van der Waals surface area contributed by atoms with E-state index in [2.05, 4.69) is 4.98 Å². The lowest BCUT2D eigenvalue weighted by Crippen LogP contribution is -2.05. The highest BCUT2D eigenvalue weighted by Gasteiger charge is 2.12. The largest absolute Gasteiger partial charge is 0.508 e. The average Bonchev–Trinajstić information content (AvgIpc) is 2.93. The van der Waals surface area contributed by atoms with E-state index in [0.717, 1.165) is 16.5 Å². The number of Topliss-reactive ketones (excluding diaryl/α,β-unsaturated/α-hetero) is 1. The molecule has 0 bridgehead atoms. The van der Waals surface area contributed by atoms with Crippen LogP contribution in [0.5, 0.6) is 5.75 Å². The number of phenolic OH excluding ortho intramolecular Hbond substituents is 1. The summed E-state index contributed by atoms with van der Waals surface area (Å²) in [6.07, 6.45) is 3.32. The number of aromatic nitrogens is 1. The number of hydrogen-bond acceptors (Lipinski definition) is 3. The number of H-pyrrole nitrogens is 1. The molecule has 0 radical (unpaired) electrons. The van der Waals surface area contributed by atoms with Gasteiger partial charge in [0.1, 0.15) is 5.75 Å². The van der Waals surface area contributed by atoms with Gasteiger partial charge in [0.2, 0.25) is 5.78 Å². The van der Waals surface area contributed by atoms with Gasteiger partial charge in [0.25, 0.3) is 0 Å². The van der Waals surface area contributed by atoms with Crippen LogP contribution in [0.1, 0.15) is 11.1 Å². The number of aromatic amines is 1. The van der Waals surface area contributed by atoms with Crippen LogP contribution < -0.4 is 0 Å². The fourth-order valence-corrected chi connectivity index (χ4v) is 2.35. The third kappa shape index (κ3) is 2.86. The summed E-state index contributed by atoms with van der Waals surface area (Å²) in [7, 11) is 0. The summed E-state index contributed by atoms with van der Waals surface area (Å²) in [6, 6.07) is 14.0. The van der Waals surface area contributed by atoms with Crippen molar-refractivity contribution in [3.8, 4) is 5.75 Å². The number of benzene rings is 2.